The molecule has 0 unspecified atom stereocenters. The fourth-order valence-corrected chi connectivity index (χ4v) is 4.09. The van der Waals surface area contributed by atoms with Gasteiger partial charge in [-0.25, -0.2) is 8.42 Å². The van der Waals surface area contributed by atoms with Crippen molar-refractivity contribution in [1.29, 1.82) is 0 Å². The molecule has 28 heavy (non-hydrogen) atoms. The van der Waals surface area contributed by atoms with Crippen molar-refractivity contribution in [3.63, 3.8) is 0 Å². The summed E-state index contributed by atoms with van der Waals surface area (Å²) in [6.07, 6.45) is 1.92. The Balaban J connectivity index is 1.43. The third-order valence-corrected chi connectivity index (χ3v) is 6.04. The van der Waals surface area contributed by atoms with Gasteiger partial charge in [0, 0.05) is 50.6 Å². The molecule has 1 amide bonds. The van der Waals surface area contributed by atoms with Gasteiger partial charge in [-0.3, -0.25) is 4.79 Å². The first-order chi connectivity index (χ1) is 13.4. The van der Waals surface area contributed by atoms with Crippen LogP contribution in [-0.4, -0.2) is 61.4 Å². The van der Waals surface area contributed by atoms with Crippen LogP contribution in [0.2, 0.25) is 0 Å². The van der Waals surface area contributed by atoms with E-state index in [2.05, 4.69) is 15.4 Å². The van der Waals surface area contributed by atoms with Gasteiger partial charge in [0.1, 0.15) is 5.76 Å². The predicted molar refractivity (Wildman–Crippen MR) is 107 cm³/mol. The number of benzene rings is 1. The van der Waals surface area contributed by atoms with Crippen LogP contribution in [0, 0.1) is 6.92 Å². The van der Waals surface area contributed by atoms with Gasteiger partial charge in [-0.1, -0.05) is 35.5 Å². The smallest absolute Gasteiger partial charge is 0.236 e. The van der Waals surface area contributed by atoms with E-state index in [0.29, 0.717) is 50.7 Å². The van der Waals surface area contributed by atoms with E-state index in [-0.39, 0.29) is 5.91 Å². The van der Waals surface area contributed by atoms with Crippen LogP contribution in [0.4, 0.5) is 5.82 Å². The highest BCUT2D eigenvalue weighted by Gasteiger charge is 2.25. The number of carbonyl (C=O) groups excluding carboxylic acids is 1. The number of rotatable bonds is 7. The number of amides is 1. The first kappa shape index (κ1) is 20.2. The summed E-state index contributed by atoms with van der Waals surface area (Å²) in [5, 5.41) is 7.66. The lowest BCUT2D eigenvalue weighted by atomic mass is 10.2. The minimum Gasteiger partial charge on any atom is -0.360 e. The molecule has 0 bridgehead atoms. The van der Waals surface area contributed by atoms with Crippen LogP contribution < -0.4 is 5.32 Å². The largest absolute Gasteiger partial charge is 0.360 e. The summed E-state index contributed by atoms with van der Waals surface area (Å²) in [5.41, 5.74) is 0.845. The zero-order valence-corrected chi connectivity index (χ0v) is 16.6. The van der Waals surface area contributed by atoms with Gasteiger partial charge in [0.25, 0.3) is 0 Å². The molecule has 150 valence electrons. The quantitative estimate of drug-likeness (QED) is 0.758. The molecule has 2 aromatic rings. The van der Waals surface area contributed by atoms with Crippen LogP contribution in [0.15, 0.2) is 46.3 Å². The molecule has 0 saturated carbocycles. The predicted octanol–water partition coefficient (Wildman–Crippen LogP) is 1.93. The van der Waals surface area contributed by atoms with Crippen LogP contribution in [-0.2, 0) is 14.8 Å². The maximum Gasteiger partial charge on any atom is 0.236 e. The summed E-state index contributed by atoms with van der Waals surface area (Å²) >= 11 is 0. The lowest BCUT2D eigenvalue weighted by Gasteiger charge is -2.33. The molecule has 1 fully saturated rings. The molecule has 1 N–H and O–H groups in total. The van der Waals surface area contributed by atoms with Crippen molar-refractivity contribution in [1.82, 2.24) is 14.4 Å². The number of nitrogens with zero attached hydrogens (tertiary/aromatic N) is 3. The molecule has 0 atom stereocenters. The van der Waals surface area contributed by atoms with E-state index in [1.165, 1.54) is 9.71 Å². The number of piperazine rings is 1. The van der Waals surface area contributed by atoms with E-state index in [1.807, 2.05) is 30.3 Å². The Morgan fingerprint density at radius 1 is 1.21 bits per heavy atom. The molecule has 1 aliphatic rings. The monoisotopic (exact) mass is 404 g/mol. The third-order valence-electron chi connectivity index (χ3n) is 4.47. The Labute approximate surface area is 164 Å². The second-order valence-electron chi connectivity index (χ2n) is 6.62. The van der Waals surface area contributed by atoms with Crippen molar-refractivity contribution < 1.29 is 17.7 Å². The Bertz CT molecular complexity index is 916. The van der Waals surface area contributed by atoms with Gasteiger partial charge in [-0.15, -0.1) is 0 Å². The SMILES string of the molecule is Cc1cc(NC(=O)CCN2CCN(S(=O)(=O)C=Cc3ccccc3)CC2)no1. The van der Waals surface area contributed by atoms with Crippen molar-refractivity contribution in [2.45, 2.75) is 13.3 Å². The van der Waals surface area contributed by atoms with Gasteiger partial charge in [0.15, 0.2) is 5.82 Å². The first-order valence-electron chi connectivity index (χ1n) is 9.11. The number of carbonyl (C=O) groups is 1. The van der Waals surface area contributed by atoms with Gasteiger partial charge in [0.2, 0.25) is 15.9 Å². The average Bonchev–Trinajstić information content (AvgIpc) is 3.10. The molecule has 1 aromatic heterocycles. The third kappa shape index (κ3) is 5.75. The zero-order chi connectivity index (χ0) is 20.0. The first-order valence-corrected chi connectivity index (χ1v) is 10.6. The molecule has 1 aromatic carbocycles. The molecule has 0 spiro atoms. The van der Waals surface area contributed by atoms with E-state index in [0.717, 1.165) is 5.56 Å². The number of aryl methyl sites for hydroxylation is 1. The Kier molecular flexibility index (Phi) is 6.61. The lowest BCUT2D eigenvalue weighted by molar-refractivity contribution is -0.116. The van der Waals surface area contributed by atoms with Crippen LogP contribution in [0.5, 0.6) is 0 Å². The number of nitrogens with one attached hydrogen (secondary N) is 1. The second kappa shape index (κ2) is 9.13. The van der Waals surface area contributed by atoms with E-state index >= 15 is 0 Å². The molecule has 1 saturated heterocycles. The maximum absolute atomic E-state index is 12.5. The molecule has 1 aliphatic heterocycles. The van der Waals surface area contributed by atoms with E-state index in [1.54, 1.807) is 19.1 Å². The summed E-state index contributed by atoms with van der Waals surface area (Å²) in [6.45, 7) is 4.32. The highest BCUT2D eigenvalue weighted by molar-refractivity contribution is 7.92. The Hall–Kier alpha value is -2.49. The molecule has 3 rings (SSSR count). The van der Waals surface area contributed by atoms with Crippen LogP contribution >= 0.6 is 0 Å². The van der Waals surface area contributed by atoms with Crippen LogP contribution in [0.25, 0.3) is 6.08 Å². The van der Waals surface area contributed by atoms with Gasteiger partial charge in [0.05, 0.1) is 0 Å². The number of hydrogen-bond acceptors (Lipinski definition) is 6. The molecule has 0 radical (unpaired) electrons. The van der Waals surface area contributed by atoms with Crippen molar-refractivity contribution in [2.24, 2.45) is 0 Å². The standard InChI is InChI=1S/C19H24N4O4S/c1-16-15-18(21-27-16)20-19(24)7-9-22-10-12-23(13-11-22)28(25,26)14-8-17-5-3-2-4-6-17/h2-6,8,14-15H,7,9-13H2,1H3,(H,20,21,24). The fraction of sp³-hybridized carbons (Fsp3) is 0.368. The normalized spacial score (nSPS) is 16.5. The lowest BCUT2D eigenvalue weighted by Crippen LogP contribution is -2.48. The van der Waals surface area contributed by atoms with Crippen LogP contribution in [0.3, 0.4) is 0 Å². The van der Waals surface area contributed by atoms with Crippen molar-refractivity contribution in [3.05, 3.63) is 53.1 Å². The van der Waals surface area contributed by atoms with Crippen molar-refractivity contribution in [2.75, 3.05) is 38.0 Å². The van der Waals surface area contributed by atoms with E-state index in [9.17, 15) is 13.2 Å². The summed E-state index contributed by atoms with van der Waals surface area (Å²) in [4.78, 5) is 14.1. The zero-order valence-electron chi connectivity index (χ0n) is 15.7. The molecular weight excluding hydrogens is 380 g/mol. The highest BCUT2D eigenvalue weighted by Crippen LogP contribution is 2.12. The van der Waals surface area contributed by atoms with Crippen molar-refractivity contribution in [3.8, 4) is 0 Å². The number of hydrogen-bond donors (Lipinski definition) is 1. The van der Waals surface area contributed by atoms with Gasteiger partial charge in [-0.05, 0) is 18.6 Å². The fourth-order valence-electron chi connectivity index (χ4n) is 2.91. The van der Waals surface area contributed by atoms with E-state index in [4.69, 9.17) is 4.52 Å². The minimum atomic E-state index is -3.45. The van der Waals surface area contributed by atoms with Gasteiger partial charge >= 0.3 is 0 Å². The van der Waals surface area contributed by atoms with E-state index < -0.39 is 10.0 Å². The van der Waals surface area contributed by atoms with Crippen LogP contribution in [0.1, 0.15) is 17.7 Å². The molecule has 2 heterocycles. The number of aromatic nitrogens is 1. The van der Waals surface area contributed by atoms with Crippen molar-refractivity contribution >= 4 is 27.8 Å². The average molecular weight is 404 g/mol. The maximum atomic E-state index is 12.5. The molecule has 9 heteroatoms. The molecular formula is C19H24N4O4S. The topological polar surface area (TPSA) is 95.8 Å². The number of sulfonamides is 1. The molecule has 0 aliphatic carbocycles. The summed E-state index contributed by atoms with van der Waals surface area (Å²) in [5.74, 6) is 0.895. The second-order valence-corrected chi connectivity index (χ2v) is 8.44. The Morgan fingerprint density at radius 3 is 2.57 bits per heavy atom. The highest BCUT2D eigenvalue weighted by atomic mass is 32.2. The Morgan fingerprint density at radius 2 is 1.93 bits per heavy atom. The molecule has 8 nitrogen and oxygen atoms in total. The van der Waals surface area contributed by atoms with Gasteiger partial charge in [-0.2, -0.15) is 4.31 Å². The summed E-state index contributed by atoms with van der Waals surface area (Å²) in [6, 6.07) is 11.0. The summed E-state index contributed by atoms with van der Waals surface area (Å²) in [7, 11) is -3.45. The van der Waals surface area contributed by atoms with Gasteiger partial charge < -0.3 is 14.7 Å². The minimum absolute atomic E-state index is 0.144. The summed E-state index contributed by atoms with van der Waals surface area (Å²) < 4.78 is 31.3. The number of anilines is 1.